The quantitative estimate of drug-likeness (QED) is 0.406. The Kier molecular flexibility index (Phi) is 5.72. The van der Waals surface area contributed by atoms with Gasteiger partial charge in [0.05, 0.1) is 18.1 Å². The predicted octanol–water partition coefficient (Wildman–Crippen LogP) is 4.55. The second-order valence-electron chi connectivity index (χ2n) is 7.27. The van der Waals surface area contributed by atoms with Crippen LogP contribution in [0, 0.1) is 6.92 Å². The Hall–Kier alpha value is -4.39. The van der Waals surface area contributed by atoms with Gasteiger partial charge in [-0.05, 0) is 55.0 Å². The Morgan fingerprint density at radius 3 is 2.66 bits per heavy atom. The third-order valence-corrected chi connectivity index (χ3v) is 4.90. The Morgan fingerprint density at radius 2 is 1.88 bits per heavy atom. The smallest absolute Gasteiger partial charge is 0.274 e. The minimum Gasteiger partial charge on any atom is -0.507 e. The fourth-order valence-corrected chi connectivity index (χ4v) is 3.26. The molecule has 4 aromatic rings. The van der Waals surface area contributed by atoms with Crippen molar-refractivity contribution >= 4 is 34.5 Å². The number of aliphatic hydroxyl groups excluding tert-OH is 1. The van der Waals surface area contributed by atoms with Gasteiger partial charge in [-0.25, -0.2) is 4.98 Å². The van der Waals surface area contributed by atoms with E-state index in [9.17, 15) is 14.7 Å². The van der Waals surface area contributed by atoms with Crippen molar-refractivity contribution in [2.75, 3.05) is 12.4 Å². The number of aromatic nitrogens is 2. The molecule has 0 bridgehead atoms. The molecule has 0 fully saturated rings. The maximum Gasteiger partial charge on any atom is 0.274 e. The number of fused-ring (bicyclic) bond motifs is 1. The molecular formula is C25H21N3O4. The number of carbonyl (C=O) groups excluding carboxylic acids is 1. The molecule has 0 atom stereocenters. The first-order valence-corrected chi connectivity index (χ1v) is 9.90. The molecule has 3 N–H and O–H groups in total. The number of methoxy groups -OCH3 is 1. The van der Waals surface area contributed by atoms with Crippen molar-refractivity contribution in [1.29, 1.82) is 0 Å². The number of anilines is 1. The average molecular weight is 427 g/mol. The van der Waals surface area contributed by atoms with Gasteiger partial charge in [0.25, 0.3) is 11.5 Å². The zero-order valence-corrected chi connectivity index (χ0v) is 17.5. The Balaban J connectivity index is 1.63. The second-order valence-corrected chi connectivity index (χ2v) is 7.27. The number of nitrogens with zero attached hydrogens (tertiary/aromatic N) is 1. The van der Waals surface area contributed by atoms with Crippen LogP contribution in [-0.4, -0.2) is 28.1 Å². The number of H-pyrrole nitrogens is 1. The van der Waals surface area contributed by atoms with E-state index in [-0.39, 0.29) is 17.4 Å². The lowest BCUT2D eigenvalue weighted by atomic mass is 10.1. The van der Waals surface area contributed by atoms with E-state index >= 15 is 0 Å². The number of ether oxygens (including phenoxy) is 1. The molecule has 1 amide bonds. The van der Waals surface area contributed by atoms with Gasteiger partial charge in [0, 0.05) is 22.9 Å². The SMILES string of the molecule is COc1cccc(/C(O)=C\c2nc3ccc(C(=O)Nc4cccc(C)c4)cc3[nH]c2=O)c1. The number of nitrogens with one attached hydrogen (secondary N) is 2. The van der Waals surface area contributed by atoms with Gasteiger partial charge in [-0.15, -0.1) is 0 Å². The summed E-state index contributed by atoms with van der Waals surface area (Å²) in [6.07, 6.45) is 1.30. The molecule has 0 aliphatic carbocycles. The van der Waals surface area contributed by atoms with Crippen molar-refractivity contribution in [3.8, 4) is 5.75 Å². The number of aliphatic hydroxyl groups is 1. The van der Waals surface area contributed by atoms with Crippen LogP contribution in [0.25, 0.3) is 22.9 Å². The minimum atomic E-state index is -0.483. The average Bonchev–Trinajstić information content (AvgIpc) is 2.79. The molecule has 0 saturated heterocycles. The number of rotatable bonds is 5. The van der Waals surface area contributed by atoms with E-state index in [2.05, 4.69) is 15.3 Å². The molecule has 0 radical (unpaired) electrons. The van der Waals surface area contributed by atoms with Crippen LogP contribution in [0.3, 0.4) is 0 Å². The van der Waals surface area contributed by atoms with Crippen molar-refractivity contribution in [1.82, 2.24) is 9.97 Å². The lowest BCUT2D eigenvalue weighted by molar-refractivity contribution is 0.102. The second kappa shape index (κ2) is 8.77. The molecule has 160 valence electrons. The van der Waals surface area contributed by atoms with Crippen LogP contribution in [0.2, 0.25) is 0 Å². The first kappa shape index (κ1) is 20.9. The summed E-state index contributed by atoms with van der Waals surface area (Å²) in [6.45, 7) is 1.94. The van der Waals surface area contributed by atoms with Crippen LogP contribution in [0.4, 0.5) is 5.69 Å². The highest BCUT2D eigenvalue weighted by atomic mass is 16.5. The molecule has 7 nitrogen and oxygen atoms in total. The van der Waals surface area contributed by atoms with Gasteiger partial charge in [-0.1, -0.05) is 24.3 Å². The highest BCUT2D eigenvalue weighted by molar-refractivity contribution is 6.05. The normalized spacial score (nSPS) is 11.4. The van der Waals surface area contributed by atoms with E-state index in [0.29, 0.717) is 33.6 Å². The Labute approximate surface area is 184 Å². The minimum absolute atomic E-state index is 0.0507. The summed E-state index contributed by atoms with van der Waals surface area (Å²) in [5.41, 5.74) is 3.08. The fraction of sp³-hybridized carbons (Fsp3) is 0.0800. The summed E-state index contributed by atoms with van der Waals surface area (Å²) in [5.74, 6) is 0.174. The number of hydrogen-bond donors (Lipinski definition) is 3. The van der Waals surface area contributed by atoms with Gasteiger partial charge < -0.3 is 20.1 Å². The lowest BCUT2D eigenvalue weighted by Gasteiger charge is -2.07. The number of amides is 1. The van der Waals surface area contributed by atoms with Crippen LogP contribution >= 0.6 is 0 Å². The molecule has 3 aromatic carbocycles. The summed E-state index contributed by atoms with van der Waals surface area (Å²) < 4.78 is 5.16. The van der Waals surface area contributed by atoms with Gasteiger partial charge in [0.1, 0.15) is 17.2 Å². The first-order valence-electron chi connectivity index (χ1n) is 9.90. The van der Waals surface area contributed by atoms with Crippen LogP contribution in [0.5, 0.6) is 5.75 Å². The van der Waals surface area contributed by atoms with E-state index in [1.54, 1.807) is 42.5 Å². The number of aryl methyl sites for hydroxylation is 1. The topological polar surface area (TPSA) is 104 Å². The summed E-state index contributed by atoms with van der Waals surface area (Å²) in [7, 11) is 1.53. The molecule has 7 heteroatoms. The predicted molar refractivity (Wildman–Crippen MR) is 125 cm³/mol. The molecule has 0 aliphatic heterocycles. The first-order chi connectivity index (χ1) is 15.4. The van der Waals surface area contributed by atoms with Gasteiger partial charge >= 0.3 is 0 Å². The molecule has 0 spiro atoms. The molecule has 1 aromatic heterocycles. The number of aromatic amines is 1. The highest BCUT2D eigenvalue weighted by Crippen LogP contribution is 2.20. The molecular weight excluding hydrogens is 406 g/mol. The maximum absolute atomic E-state index is 12.6. The van der Waals surface area contributed by atoms with Crippen LogP contribution in [-0.2, 0) is 0 Å². The largest absolute Gasteiger partial charge is 0.507 e. The summed E-state index contributed by atoms with van der Waals surface area (Å²) in [5, 5.41) is 13.3. The van der Waals surface area contributed by atoms with Crippen molar-refractivity contribution < 1.29 is 14.6 Å². The summed E-state index contributed by atoms with van der Waals surface area (Å²) >= 11 is 0. The molecule has 32 heavy (non-hydrogen) atoms. The van der Waals surface area contributed by atoms with E-state index in [0.717, 1.165) is 5.56 Å². The lowest BCUT2D eigenvalue weighted by Crippen LogP contribution is -2.14. The summed E-state index contributed by atoms with van der Waals surface area (Å²) in [4.78, 5) is 32.2. The van der Waals surface area contributed by atoms with E-state index < -0.39 is 5.56 Å². The van der Waals surface area contributed by atoms with Gasteiger partial charge in [0.15, 0.2) is 0 Å². The van der Waals surface area contributed by atoms with Crippen molar-refractivity contribution in [3.63, 3.8) is 0 Å². The standard InChI is InChI=1S/C25H21N3O4/c1-15-5-3-7-18(11-15)26-24(30)17-9-10-20-21(13-17)28-25(31)22(27-20)14-23(29)16-6-4-8-19(12-16)32-2/h3-14,29H,1-2H3,(H,26,30)(H,28,31)/b23-14+. The van der Waals surface area contributed by atoms with Crippen LogP contribution in [0.1, 0.15) is 27.2 Å². The van der Waals surface area contributed by atoms with Gasteiger partial charge in [-0.2, -0.15) is 0 Å². The molecule has 4 rings (SSSR count). The van der Waals surface area contributed by atoms with Gasteiger partial charge in [-0.3, -0.25) is 9.59 Å². The van der Waals surface area contributed by atoms with Crippen LogP contribution < -0.4 is 15.6 Å². The number of hydrogen-bond acceptors (Lipinski definition) is 5. The summed E-state index contributed by atoms with van der Waals surface area (Å²) in [6, 6.07) is 19.2. The van der Waals surface area contributed by atoms with Crippen molar-refractivity contribution in [3.05, 3.63) is 99.5 Å². The molecule has 0 unspecified atom stereocenters. The van der Waals surface area contributed by atoms with E-state index in [1.165, 1.54) is 13.2 Å². The Bertz CT molecular complexity index is 1410. The maximum atomic E-state index is 12.6. The third kappa shape index (κ3) is 4.52. The third-order valence-electron chi connectivity index (χ3n) is 4.90. The van der Waals surface area contributed by atoms with E-state index in [1.807, 2.05) is 31.2 Å². The van der Waals surface area contributed by atoms with Crippen LogP contribution in [0.15, 0.2) is 71.5 Å². The zero-order chi connectivity index (χ0) is 22.7. The monoisotopic (exact) mass is 427 g/mol. The number of benzene rings is 3. The fourth-order valence-electron chi connectivity index (χ4n) is 3.26. The molecule has 1 heterocycles. The van der Waals surface area contributed by atoms with E-state index in [4.69, 9.17) is 4.74 Å². The van der Waals surface area contributed by atoms with Gasteiger partial charge in [0.2, 0.25) is 0 Å². The number of carbonyl (C=O) groups is 1. The molecule has 0 saturated carbocycles. The van der Waals surface area contributed by atoms with Crippen molar-refractivity contribution in [2.45, 2.75) is 6.92 Å². The Morgan fingerprint density at radius 1 is 1.06 bits per heavy atom. The highest BCUT2D eigenvalue weighted by Gasteiger charge is 2.11. The van der Waals surface area contributed by atoms with Crippen molar-refractivity contribution in [2.24, 2.45) is 0 Å². The zero-order valence-electron chi connectivity index (χ0n) is 17.5. The molecule has 0 aliphatic rings.